The highest BCUT2D eigenvalue weighted by molar-refractivity contribution is 5.75. The molecule has 3 aromatic rings. The number of pyridine rings is 2. The number of nitrogens with zero attached hydrogens (tertiary/aromatic N) is 5. The summed E-state index contributed by atoms with van der Waals surface area (Å²) in [6.07, 6.45) is -0.787. The Hall–Kier alpha value is -2.71. The van der Waals surface area contributed by atoms with Crippen molar-refractivity contribution in [3.05, 3.63) is 52.0 Å². The quantitative estimate of drug-likeness (QED) is 0.713. The molecule has 0 radical (unpaired) electrons. The van der Waals surface area contributed by atoms with E-state index in [0.29, 0.717) is 24.2 Å². The number of aromatic nitrogens is 5. The van der Waals surface area contributed by atoms with Crippen LogP contribution in [0.15, 0.2) is 29.2 Å². The number of halogens is 3. The number of hydrogen-bond acceptors (Lipinski definition) is 4. The second-order valence-corrected chi connectivity index (χ2v) is 6.01. The van der Waals surface area contributed by atoms with Crippen LogP contribution < -0.4 is 5.69 Å². The van der Waals surface area contributed by atoms with Crippen LogP contribution in [0.25, 0.3) is 11.0 Å². The molecule has 0 saturated heterocycles. The van der Waals surface area contributed by atoms with Crippen molar-refractivity contribution in [3.63, 3.8) is 0 Å². The van der Waals surface area contributed by atoms with Crippen LogP contribution in [0.2, 0.25) is 0 Å². The minimum atomic E-state index is -4.63. The second-order valence-electron chi connectivity index (χ2n) is 6.01. The Bertz CT molecular complexity index is 1010. The van der Waals surface area contributed by atoms with Gasteiger partial charge in [-0.3, -0.25) is 4.57 Å². The molecule has 4 rings (SSSR count). The summed E-state index contributed by atoms with van der Waals surface area (Å²) in [5.74, 6) is 0.625. The van der Waals surface area contributed by atoms with Crippen molar-refractivity contribution < 1.29 is 13.2 Å². The Morgan fingerprint density at radius 2 is 2.08 bits per heavy atom. The van der Waals surface area contributed by atoms with Gasteiger partial charge in [0.25, 0.3) is 0 Å². The molecule has 0 saturated carbocycles. The normalized spacial score (nSPS) is 14.7. The number of alkyl halides is 3. The SMILES string of the molecule is O=c1n(Cc2cc3cccnc3nc2C(F)(F)F)nc2n1CCCC2. The van der Waals surface area contributed by atoms with Crippen LogP contribution in [-0.2, 0) is 25.7 Å². The lowest BCUT2D eigenvalue weighted by molar-refractivity contribution is -0.141. The molecule has 130 valence electrons. The zero-order chi connectivity index (χ0) is 17.6. The van der Waals surface area contributed by atoms with Crippen LogP contribution in [0.1, 0.15) is 29.9 Å². The summed E-state index contributed by atoms with van der Waals surface area (Å²) in [6.45, 7) is 0.283. The highest BCUT2D eigenvalue weighted by Gasteiger charge is 2.36. The smallest absolute Gasteiger partial charge is 0.279 e. The molecule has 0 atom stereocenters. The van der Waals surface area contributed by atoms with Crippen molar-refractivity contribution in [1.82, 2.24) is 24.3 Å². The molecule has 0 fully saturated rings. The maximum atomic E-state index is 13.4. The Balaban J connectivity index is 1.83. The minimum Gasteiger partial charge on any atom is -0.279 e. The highest BCUT2D eigenvalue weighted by Crippen LogP contribution is 2.32. The van der Waals surface area contributed by atoms with E-state index in [-0.39, 0.29) is 23.4 Å². The number of fused-ring (bicyclic) bond motifs is 2. The van der Waals surface area contributed by atoms with Crippen LogP contribution in [-0.4, -0.2) is 24.3 Å². The molecule has 4 heterocycles. The summed E-state index contributed by atoms with van der Waals surface area (Å²) in [6, 6.07) is 4.64. The first-order chi connectivity index (χ1) is 11.9. The van der Waals surface area contributed by atoms with Gasteiger partial charge in [0.15, 0.2) is 11.3 Å². The number of hydrogen-bond donors (Lipinski definition) is 0. The number of aryl methyl sites for hydroxylation is 1. The third-order valence-corrected chi connectivity index (χ3v) is 4.29. The Morgan fingerprint density at radius 1 is 1.24 bits per heavy atom. The average Bonchev–Trinajstić information content (AvgIpc) is 2.90. The van der Waals surface area contributed by atoms with Gasteiger partial charge in [-0.15, -0.1) is 0 Å². The third-order valence-electron chi connectivity index (χ3n) is 4.29. The summed E-state index contributed by atoms with van der Waals surface area (Å²) in [7, 11) is 0. The topological polar surface area (TPSA) is 65.6 Å². The van der Waals surface area contributed by atoms with Gasteiger partial charge in [0, 0.05) is 30.1 Å². The molecule has 0 N–H and O–H groups in total. The van der Waals surface area contributed by atoms with Crippen LogP contribution in [0.5, 0.6) is 0 Å². The van der Waals surface area contributed by atoms with Crippen molar-refractivity contribution in [3.8, 4) is 0 Å². The van der Waals surface area contributed by atoms with Crippen LogP contribution in [0, 0.1) is 0 Å². The molecule has 25 heavy (non-hydrogen) atoms. The van der Waals surface area contributed by atoms with Gasteiger partial charge in [-0.05, 0) is 31.0 Å². The maximum absolute atomic E-state index is 13.4. The zero-order valence-electron chi connectivity index (χ0n) is 13.1. The van der Waals surface area contributed by atoms with E-state index in [2.05, 4.69) is 15.1 Å². The fourth-order valence-electron chi connectivity index (χ4n) is 3.13. The van der Waals surface area contributed by atoms with E-state index >= 15 is 0 Å². The molecule has 0 amide bonds. The molecule has 1 aliphatic heterocycles. The van der Waals surface area contributed by atoms with E-state index in [0.717, 1.165) is 17.5 Å². The van der Waals surface area contributed by atoms with E-state index in [1.54, 1.807) is 12.1 Å². The molecule has 0 bridgehead atoms. The van der Waals surface area contributed by atoms with E-state index in [1.807, 2.05) is 0 Å². The molecule has 6 nitrogen and oxygen atoms in total. The van der Waals surface area contributed by atoms with Gasteiger partial charge in [-0.2, -0.15) is 18.3 Å². The fraction of sp³-hybridized carbons (Fsp3) is 0.375. The molecule has 0 spiro atoms. The Labute approximate surface area is 139 Å². The van der Waals surface area contributed by atoms with Crippen molar-refractivity contribution in [2.45, 2.75) is 38.5 Å². The standard InChI is InChI=1S/C16H14F3N5O/c17-16(18,19)13-11(8-10-4-3-6-20-14(10)21-13)9-24-15(25)23-7-2-1-5-12(23)22-24/h3-4,6,8H,1-2,5,7,9H2. The predicted octanol–water partition coefficient (Wildman–Crippen LogP) is 2.39. The summed E-state index contributed by atoms with van der Waals surface area (Å²) >= 11 is 0. The molecular formula is C16H14F3N5O. The summed E-state index contributed by atoms with van der Waals surface area (Å²) in [5.41, 5.74) is -1.48. The Morgan fingerprint density at radius 3 is 2.84 bits per heavy atom. The van der Waals surface area contributed by atoms with Gasteiger partial charge in [0.1, 0.15) is 5.82 Å². The highest BCUT2D eigenvalue weighted by atomic mass is 19.4. The van der Waals surface area contributed by atoms with Gasteiger partial charge < -0.3 is 0 Å². The van der Waals surface area contributed by atoms with Crippen LogP contribution >= 0.6 is 0 Å². The molecule has 1 aliphatic rings. The lowest BCUT2D eigenvalue weighted by Gasteiger charge is -2.12. The maximum Gasteiger partial charge on any atom is 0.433 e. The molecule has 9 heteroatoms. The van der Waals surface area contributed by atoms with E-state index in [1.165, 1.54) is 16.8 Å². The molecule has 0 aromatic carbocycles. The van der Waals surface area contributed by atoms with Crippen molar-refractivity contribution >= 4 is 11.0 Å². The molecule has 0 aliphatic carbocycles. The number of rotatable bonds is 2. The lowest BCUT2D eigenvalue weighted by Crippen LogP contribution is -2.28. The first-order valence-corrected chi connectivity index (χ1v) is 7.92. The summed E-state index contributed by atoms with van der Waals surface area (Å²) in [4.78, 5) is 19.9. The average molecular weight is 349 g/mol. The van der Waals surface area contributed by atoms with Gasteiger partial charge in [0.05, 0.1) is 6.54 Å². The van der Waals surface area contributed by atoms with Crippen molar-refractivity contribution in [1.29, 1.82) is 0 Å². The van der Waals surface area contributed by atoms with Crippen LogP contribution in [0.3, 0.4) is 0 Å². The zero-order valence-corrected chi connectivity index (χ0v) is 13.1. The van der Waals surface area contributed by atoms with Crippen molar-refractivity contribution in [2.24, 2.45) is 0 Å². The van der Waals surface area contributed by atoms with Crippen molar-refractivity contribution in [2.75, 3.05) is 0 Å². The minimum absolute atomic E-state index is 0.0232. The largest absolute Gasteiger partial charge is 0.433 e. The second kappa shape index (κ2) is 5.68. The first-order valence-electron chi connectivity index (χ1n) is 7.92. The first kappa shape index (κ1) is 15.8. The molecule has 0 unspecified atom stereocenters. The summed E-state index contributed by atoms with van der Waals surface area (Å²) < 4.78 is 42.8. The summed E-state index contributed by atoms with van der Waals surface area (Å²) in [5, 5.41) is 4.69. The van der Waals surface area contributed by atoms with E-state index in [4.69, 9.17) is 0 Å². The Kier molecular flexibility index (Phi) is 3.59. The van der Waals surface area contributed by atoms with E-state index in [9.17, 15) is 18.0 Å². The molecular weight excluding hydrogens is 335 g/mol. The van der Waals surface area contributed by atoms with Gasteiger partial charge in [-0.25, -0.2) is 19.4 Å². The molecule has 3 aromatic heterocycles. The van der Waals surface area contributed by atoms with Gasteiger partial charge in [0.2, 0.25) is 0 Å². The lowest BCUT2D eigenvalue weighted by atomic mass is 10.1. The van der Waals surface area contributed by atoms with Gasteiger partial charge >= 0.3 is 11.9 Å². The third kappa shape index (κ3) is 2.79. The van der Waals surface area contributed by atoms with Gasteiger partial charge in [-0.1, -0.05) is 0 Å². The monoisotopic (exact) mass is 349 g/mol. The van der Waals surface area contributed by atoms with Crippen LogP contribution in [0.4, 0.5) is 13.2 Å². The van der Waals surface area contributed by atoms with E-state index < -0.39 is 11.9 Å². The fourth-order valence-corrected chi connectivity index (χ4v) is 3.13. The predicted molar refractivity (Wildman–Crippen MR) is 83.1 cm³/mol.